The van der Waals surface area contributed by atoms with Gasteiger partial charge in [-0.3, -0.25) is 0 Å². The van der Waals surface area contributed by atoms with Crippen LogP contribution in [0.2, 0.25) is 18.1 Å². The summed E-state index contributed by atoms with van der Waals surface area (Å²) in [6.45, 7) is 13.9. The van der Waals surface area contributed by atoms with Crippen molar-refractivity contribution in [2.24, 2.45) is 0 Å². The zero-order valence-corrected chi connectivity index (χ0v) is 19.7. The maximum Gasteiger partial charge on any atom is 0.192 e. The van der Waals surface area contributed by atoms with Crippen molar-refractivity contribution in [3.05, 3.63) is 28.0 Å². The zero-order chi connectivity index (χ0) is 19.6. The first kappa shape index (κ1) is 23.6. The molecule has 150 valence electrons. The first-order valence-corrected chi connectivity index (χ1v) is 14.0. The molecule has 0 aliphatic rings. The second-order valence-electron chi connectivity index (χ2n) is 7.33. The van der Waals surface area contributed by atoms with Gasteiger partial charge in [0.25, 0.3) is 0 Å². The Bertz CT molecular complexity index is 534. The summed E-state index contributed by atoms with van der Waals surface area (Å²) in [6.07, 6.45) is 7.82. The third kappa shape index (κ3) is 6.05. The molecule has 26 heavy (non-hydrogen) atoms. The minimum Gasteiger partial charge on any atom is -0.411 e. The Morgan fingerprint density at radius 1 is 1.12 bits per heavy atom. The molecule has 0 bridgehead atoms. The fourth-order valence-corrected chi connectivity index (χ4v) is 8.04. The fourth-order valence-electron chi connectivity index (χ4n) is 3.78. The number of rotatable bonds is 13. The van der Waals surface area contributed by atoms with Crippen molar-refractivity contribution in [1.29, 1.82) is 0 Å². The first-order chi connectivity index (χ1) is 12.5. The minimum atomic E-state index is -1.59. The normalized spacial score (nSPS) is 13.4. The van der Waals surface area contributed by atoms with Gasteiger partial charge < -0.3 is 9.53 Å². The van der Waals surface area contributed by atoms with Crippen LogP contribution in [-0.4, -0.2) is 19.0 Å². The van der Waals surface area contributed by atoms with E-state index in [0.717, 1.165) is 37.7 Å². The summed E-state index contributed by atoms with van der Waals surface area (Å²) >= 11 is 1.74. The monoisotopic (exact) mass is 396 g/mol. The highest BCUT2D eigenvalue weighted by Crippen LogP contribution is 2.36. The van der Waals surface area contributed by atoms with E-state index in [1.54, 1.807) is 11.3 Å². The van der Waals surface area contributed by atoms with Gasteiger partial charge in [-0.1, -0.05) is 47.6 Å². The lowest BCUT2D eigenvalue weighted by atomic mass is 9.91. The molecule has 0 unspecified atom stereocenters. The standard InChI is InChI=1S/C22H40O2SSi/c1-7-20(21-16-19(17-23)18-25-21)14-13-15-22(8-2,9-3)24-26(10-4,11-5)12-6/h14,16,18,23H,7-13,15,17H2,1-6H3. The summed E-state index contributed by atoms with van der Waals surface area (Å²) < 4.78 is 6.99. The molecule has 0 fully saturated rings. The smallest absolute Gasteiger partial charge is 0.192 e. The van der Waals surface area contributed by atoms with E-state index in [4.69, 9.17) is 4.43 Å². The van der Waals surface area contributed by atoms with Gasteiger partial charge in [0.05, 0.1) is 12.2 Å². The lowest BCUT2D eigenvalue weighted by Gasteiger charge is -2.42. The molecule has 0 aromatic carbocycles. The summed E-state index contributed by atoms with van der Waals surface area (Å²) in [4.78, 5) is 1.30. The average molecular weight is 397 g/mol. The third-order valence-corrected chi connectivity index (χ3v) is 12.0. The van der Waals surface area contributed by atoms with Gasteiger partial charge in [0.1, 0.15) is 0 Å². The number of hydrogen-bond donors (Lipinski definition) is 1. The molecule has 0 saturated carbocycles. The highest BCUT2D eigenvalue weighted by atomic mass is 32.1. The lowest BCUT2D eigenvalue weighted by molar-refractivity contribution is 0.0397. The Hall–Kier alpha value is -0.423. The Morgan fingerprint density at radius 2 is 1.73 bits per heavy atom. The first-order valence-electron chi connectivity index (χ1n) is 10.5. The van der Waals surface area contributed by atoms with E-state index in [0.29, 0.717) is 0 Å². The van der Waals surface area contributed by atoms with Crippen molar-refractivity contribution in [2.75, 3.05) is 0 Å². The van der Waals surface area contributed by atoms with Crippen LogP contribution in [0.3, 0.4) is 0 Å². The van der Waals surface area contributed by atoms with Gasteiger partial charge in [0.15, 0.2) is 8.32 Å². The summed E-state index contributed by atoms with van der Waals surface area (Å²) in [5.41, 5.74) is 2.46. The number of hydrogen-bond acceptors (Lipinski definition) is 3. The molecule has 0 saturated heterocycles. The van der Waals surface area contributed by atoms with Crippen molar-refractivity contribution < 1.29 is 9.53 Å². The molecule has 0 atom stereocenters. The van der Waals surface area contributed by atoms with Gasteiger partial charge >= 0.3 is 0 Å². The molecule has 0 aliphatic heterocycles. The van der Waals surface area contributed by atoms with Crippen LogP contribution >= 0.6 is 11.3 Å². The van der Waals surface area contributed by atoms with Gasteiger partial charge in [-0.05, 0) is 72.8 Å². The molecule has 0 amide bonds. The predicted octanol–water partition coefficient (Wildman–Crippen LogP) is 7.39. The number of thiophene rings is 1. The van der Waals surface area contributed by atoms with E-state index in [-0.39, 0.29) is 12.2 Å². The lowest BCUT2D eigenvalue weighted by Crippen LogP contribution is -2.46. The van der Waals surface area contributed by atoms with E-state index in [1.807, 2.05) is 0 Å². The molecule has 1 aromatic heterocycles. The fraction of sp³-hybridized carbons (Fsp3) is 0.727. The van der Waals surface area contributed by atoms with E-state index >= 15 is 0 Å². The number of allylic oxidation sites excluding steroid dienone is 2. The van der Waals surface area contributed by atoms with Gasteiger partial charge in [-0.2, -0.15) is 0 Å². The molecular formula is C22H40O2SSi. The Morgan fingerprint density at radius 3 is 2.15 bits per heavy atom. The summed E-state index contributed by atoms with van der Waals surface area (Å²) in [6, 6.07) is 5.79. The molecule has 4 heteroatoms. The maximum atomic E-state index is 9.30. The summed E-state index contributed by atoms with van der Waals surface area (Å²) in [5.74, 6) is 0. The Balaban J connectivity index is 2.89. The molecule has 0 aliphatic carbocycles. The van der Waals surface area contributed by atoms with Crippen LogP contribution in [0, 0.1) is 0 Å². The third-order valence-electron chi connectivity index (χ3n) is 6.18. The highest BCUT2D eigenvalue weighted by Gasteiger charge is 2.38. The highest BCUT2D eigenvalue weighted by molar-refractivity contribution is 7.11. The minimum absolute atomic E-state index is 0.0370. The van der Waals surface area contributed by atoms with E-state index < -0.39 is 8.32 Å². The second kappa shape index (κ2) is 11.4. The van der Waals surface area contributed by atoms with Crippen LogP contribution in [0.4, 0.5) is 0 Å². The van der Waals surface area contributed by atoms with Gasteiger partial charge in [-0.25, -0.2) is 0 Å². The van der Waals surface area contributed by atoms with E-state index in [2.05, 4.69) is 59.1 Å². The Kier molecular flexibility index (Phi) is 10.4. The molecule has 1 aromatic rings. The Labute approximate surface area is 166 Å². The molecule has 0 spiro atoms. The maximum absolute atomic E-state index is 9.30. The van der Waals surface area contributed by atoms with Crippen molar-refractivity contribution in [1.82, 2.24) is 0 Å². The van der Waals surface area contributed by atoms with Crippen molar-refractivity contribution >= 4 is 25.2 Å². The average Bonchev–Trinajstić information content (AvgIpc) is 3.17. The zero-order valence-electron chi connectivity index (χ0n) is 17.9. The largest absolute Gasteiger partial charge is 0.411 e. The molecule has 0 radical (unpaired) electrons. The van der Waals surface area contributed by atoms with Crippen LogP contribution < -0.4 is 0 Å². The molecular weight excluding hydrogens is 356 g/mol. The predicted molar refractivity (Wildman–Crippen MR) is 119 cm³/mol. The molecule has 1 rings (SSSR count). The molecule has 2 nitrogen and oxygen atoms in total. The van der Waals surface area contributed by atoms with Crippen LogP contribution in [-0.2, 0) is 11.0 Å². The SMILES string of the molecule is CCC(=CCCC(CC)(CC)O[Si](CC)(CC)CC)c1cc(CO)cs1. The molecule has 1 heterocycles. The van der Waals surface area contributed by atoms with Gasteiger partial charge in [-0.15, -0.1) is 11.3 Å². The second-order valence-corrected chi connectivity index (χ2v) is 12.9. The van der Waals surface area contributed by atoms with Gasteiger partial charge in [0, 0.05) is 4.88 Å². The van der Waals surface area contributed by atoms with Crippen LogP contribution in [0.25, 0.3) is 5.57 Å². The summed E-state index contributed by atoms with van der Waals surface area (Å²) in [7, 11) is -1.59. The van der Waals surface area contributed by atoms with E-state index in [9.17, 15) is 5.11 Å². The number of aliphatic hydroxyl groups is 1. The van der Waals surface area contributed by atoms with E-state index in [1.165, 1.54) is 28.6 Å². The van der Waals surface area contributed by atoms with Crippen molar-refractivity contribution in [3.8, 4) is 0 Å². The number of aliphatic hydroxyl groups excluding tert-OH is 1. The van der Waals surface area contributed by atoms with Crippen LogP contribution in [0.1, 0.15) is 84.1 Å². The summed E-state index contributed by atoms with van der Waals surface area (Å²) in [5, 5.41) is 11.4. The van der Waals surface area contributed by atoms with Gasteiger partial charge in [0.2, 0.25) is 0 Å². The van der Waals surface area contributed by atoms with Crippen molar-refractivity contribution in [2.45, 2.75) is 104 Å². The topological polar surface area (TPSA) is 29.5 Å². The molecule has 1 N–H and O–H groups in total. The van der Waals surface area contributed by atoms with Crippen molar-refractivity contribution in [3.63, 3.8) is 0 Å². The van der Waals surface area contributed by atoms with Crippen LogP contribution in [0.15, 0.2) is 17.5 Å². The van der Waals surface area contributed by atoms with Crippen LogP contribution in [0.5, 0.6) is 0 Å². The quantitative estimate of drug-likeness (QED) is 0.352.